The summed E-state index contributed by atoms with van der Waals surface area (Å²) in [6, 6.07) is -0.548. The number of primary amides is 1. The average molecular weight is 161 g/mol. The summed E-state index contributed by atoms with van der Waals surface area (Å²) in [5, 5.41) is 8.17. The number of nitrogens with one attached hydrogen (secondary N) is 1. The number of unbranched alkanes of at least 4 members (excludes halogenated alkanes) is 1. The van der Waals surface area contributed by atoms with Crippen molar-refractivity contribution >= 4 is 5.91 Å². The van der Waals surface area contributed by atoms with E-state index in [4.69, 9.17) is 16.7 Å². The molecule has 0 spiro atoms. The molecule has 0 saturated heterocycles. The Morgan fingerprint density at radius 2 is 2.18 bits per heavy atom. The quantitative estimate of drug-likeness (QED) is 0.295. The first-order valence-corrected chi connectivity index (χ1v) is 3.60. The Hall–Kier alpha value is -0.650. The summed E-state index contributed by atoms with van der Waals surface area (Å²) in [6.07, 6.45) is 2.16. The van der Waals surface area contributed by atoms with Crippen LogP contribution in [-0.4, -0.2) is 23.7 Å². The standard InChI is InChI=1S/C6H15N3O2/c7-5(6(8)10)3-1-2-4-9-11/h5,9,11H,1-4,7H2,(H2,8,10)/t5-/m0/s1. The van der Waals surface area contributed by atoms with Crippen molar-refractivity contribution in [2.75, 3.05) is 6.54 Å². The van der Waals surface area contributed by atoms with Crippen LogP contribution in [0.1, 0.15) is 19.3 Å². The number of rotatable bonds is 6. The van der Waals surface area contributed by atoms with Crippen LogP contribution in [0.15, 0.2) is 0 Å². The predicted octanol–water partition coefficient (Wildman–Crippen LogP) is -1.05. The van der Waals surface area contributed by atoms with E-state index in [-0.39, 0.29) is 0 Å². The van der Waals surface area contributed by atoms with E-state index < -0.39 is 11.9 Å². The smallest absolute Gasteiger partial charge is 0.234 e. The number of amides is 1. The second-order valence-corrected chi connectivity index (χ2v) is 2.41. The van der Waals surface area contributed by atoms with E-state index in [2.05, 4.69) is 0 Å². The van der Waals surface area contributed by atoms with Crippen LogP contribution in [-0.2, 0) is 4.79 Å². The lowest BCUT2D eigenvalue weighted by molar-refractivity contribution is -0.119. The van der Waals surface area contributed by atoms with Crippen LogP contribution < -0.4 is 16.9 Å². The van der Waals surface area contributed by atoms with Crippen LogP contribution in [0.2, 0.25) is 0 Å². The number of hydrogen-bond acceptors (Lipinski definition) is 4. The first-order chi connectivity index (χ1) is 5.18. The van der Waals surface area contributed by atoms with Crippen molar-refractivity contribution in [3.8, 4) is 0 Å². The maximum absolute atomic E-state index is 10.4. The van der Waals surface area contributed by atoms with Crippen LogP contribution in [0.5, 0.6) is 0 Å². The number of nitrogens with two attached hydrogens (primary N) is 2. The van der Waals surface area contributed by atoms with Crippen molar-refractivity contribution in [1.29, 1.82) is 0 Å². The fourth-order valence-corrected chi connectivity index (χ4v) is 0.711. The Morgan fingerprint density at radius 1 is 1.55 bits per heavy atom. The third-order valence-electron chi connectivity index (χ3n) is 1.42. The van der Waals surface area contributed by atoms with E-state index in [1.807, 2.05) is 5.48 Å². The van der Waals surface area contributed by atoms with E-state index in [0.29, 0.717) is 13.0 Å². The Labute approximate surface area is 65.7 Å². The maximum atomic E-state index is 10.4. The molecule has 0 aliphatic heterocycles. The van der Waals surface area contributed by atoms with Gasteiger partial charge in [0.2, 0.25) is 5.91 Å². The molecule has 0 aromatic rings. The second-order valence-electron chi connectivity index (χ2n) is 2.41. The van der Waals surface area contributed by atoms with Crippen LogP contribution >= 0.6 is 0 Å². The second kappa shape index (κ2) is 6.09. The van der Waals surface area contributed by atoms with Gasteiger partial charge < -0.3 is 16.7 Å². The van der Waals surface area contributed by atoms with Gasteiger partial charge in [-0.1, -0.05) is 6.42 Å². The van der Waals surface area contributed by atoms with Crippen LogP contribution in [0.4, 0.5) is 0 Å². The molecule has 0 aliphatic rings. The molecule has 5 heteroatoms. The lowest BCUT2D eigenvalue weighted by Gasteiger charge is -2.05. The van der Waals surface area contributed by atoms with Crippen molar-refractivity contribution in [3.63, 3.8) is 0 Å². The molecule has 0 fully saturated rings. The third kappa shape index (κ3) is 5.78. The zero-order chi connectivity index (χ0) is 8.69. The molecule has 0 aromatic heterocycles. The normalized spacial score (nSPS) is 12.9. The van der Waals surface area contributed by atoms with Gasteiger partial charge in [-0.3, -0.25) is 4.79 Å². The highest BCUT2D eigenvalue weighted by molar-refractivity contribution is 5.79. The summed E-state index contributed by atoms with van der Waals surface area (Å²) in [6.45, 7) is 0.519. The van der Waals surface area contributed by atoms with Crippen molar-refractivity contribution in [3.05, 3.63) is 0 Å². The Morgan fingerprint density at radius 3 is 2.64 bits per heavy atom. The van der Waals surface area contributed by atoms with Gasteiger partial charge in [-0.05, 0) is 12.8 Å². The number of hydroxylamine groups is 1. The van der Waals surface area contributed by atoms with Crippen molar-refractivity contribution in [1.82, 2.24) is 5.48 Å². The highest BCUT2D eigenvalue weighted by atomic mass is 16.5. The molecule has 0 radical (unpaired) electrons. The van der Waals surface area contributed by atoms with Crippen molar-refractivity contribution < 1.29 is 10.0 Å². The van der Waals surface area contributed by atoms with Gasteiger partial charge in [-0.15, -0.1) is 0 Å². The summed E-state index contributed by atoms with van der Waals surface area (Å²) in [7, 11) is 0. The van der Waals surface area contributed by atoms with Gasteiger partial charge in [0, 0.05) is 6.54 Å². The zero-order valence-corrected chi connectivity index (χ0v) is 6.42. The van der Waals surface area contributed by atoms with Gasteiger partial charge in [0.25, 0.3) is 0 Å². The van der Waals surface area contributed by atoms with Gasteiger partial charge in [0.1, 0.15) is 0 Å². The first kappa shape index (κ1) is 10.3. The number of hydrogen-bond donors (Lipinski definition) is 4. The molecule has 0 rings (SSSR count). The van der Waals surface area contributed by atoms with E-state index in [1.165, 1.54) is 0 Å². The number of carbonyl (C=O) groups is 1. The lowest BCUT2D eigenvalue weighted by atomic mass is 10.1. The summed E-state index contributed by atoms with van der Waals surface area (Å²) >= 11 is 0. The molecule has 1 amide bonds. The minimum absolute atomic E-state index is 0.470. The molecule has 5 nitrogen and oxygen atoms in total. The summed E-state index contributed by atoms with van der Waals surface area (Å²) in [5.41, 5.74) is 12.3. The molecule has 0 unspecified atom stereocenters. The summed E-state index contributed by atoms with van der Waals surface area (Å²) < 4.78 is 0. The summed E-state index contributed by atoms with van der Waals surface area (Å²) in [5.74, 6) is -0.470. The molecular weight excluding hydrogens is 146 g/mol. The van der Waals surface area contributed by atoms with Crippen molar-refractivity contribution in [2.45, 2.75) is 25.3 Å². The van der Waals surface area contributed by atoms with Crippen LogP contribution in [0, 0.1) is 0 Å². The van der Waals surface area contributed by atoms with Gasteiger partial charge in [-0.25, -0.2) is 5.48 Å². The average Bonchev–Trinajstić information content (AvgIpc) is 1.97. The lowest BCUT2D eigenvalue weighted by Crippen LogP contribution is -2.36. The van der Waals surface area contributed by atoms with E-state index in [0.717, 1.165) is 12.8 Å². The largest absolute Gasteiger partial charge is 0.368 e. The Kier molecular flexibility index (Phi) is 5.73. The third-order valence-corrected chi connectivity index (χ3v) is 1.42. The molecule has 0 aliphatic carbocycles. The molecular formula is C6H15N3O2. The molecule has 6 N–H and O–H groups in total. The summed E-state index contributed by atoms with van der Waals surface area (Å²) in [4.78, 5) is 10.4. The number of carbonyl (C=O) groups excluding carboxylic acids is 1. The minimum atomic E-state index is -0.548. The molecule has 1 atom stereocenters. The molecule has 11 heavy (non-hydrogen) atoms. The van der Waals surface area contributed by atoms with Gasteiger partial charge in [0.05, 0.1) is 6.04 Å². The van der Waals surface area contributed by atoms with E-state index >= 15 is 0 Å². The first-order valence-electron chi connectivity index (χ1n) is 3.60. The van der Waals surface area contributed by atoms with Crippen LogP contribution in [0.3, 0.4) is 0 Å². The fraction of sp³-hybridized carbons (Fsp3) is 0.833. The van der Waals surface area contributed by atoms with Gasteiger partial charge in [-0.2, -0.15) is 0 Å². The minimum Gasteiger partial charge on any atom is -0.368 e. The highest BCUT2D eigenvalue weighted by Crippen LogP contribution is 1.96. The zero-order valence-electron chi connectivity index (χ0n) is 6.42. The molecule has 0 saturated carbocycles. The van der Waals surface area contributed by atoms with Gasteiger partial charge >= 0.3 is 0 Å². The molecule has 0 bridgehead atoms. The highest BCUT2D eigenvalue weighted by Gasteiger charge is 2.07. The fourth-order valence-electron chi connectivity index (χ4n) is 0.711. The SMILES string of the molecule is NC(=O)[C@@H](N)CCCCNO. The molecule has 0 aromatic carbocycles. The maximum Gasteiger partial charge on any atom is 0.234 e. The topological polar surface area (TPSA) is 101 Å². The predicted molar refractivity (Wildman–Crippen MR) is 40.8 cm³/mol. The van der Waals surface area contributed by atoms with Crippen molar-refractivity contribution in [2.24, 2.45) is 11.5 Å². The van der Waals surface area contributed by atoms with E-state index in [9.17, 15) is 4.79 Å². The Balaban J connectivity index is 3.17. The van der Waals surface area contributed by atoms with E-state index in [1.54, 1.807) is 0 Å². The monoisotopic (exact) mass is 161 g/mol. The molecule has 0 heterocycles. The van der Waals surface area contributed by atoms with Crippen LogP contribution in [0.25, 0.3) is 0 Å². The molecule has 66 valence electrons. The van der Waals surface area contributed by atoms with Gasteiger partial charge in [0.15, 0.2) is 0 Å². The Bertz CT molecular complexity index is 118.